The molecule has 65 heavy (non-hydrogen) atoms. The van der Waals surface area contributed by atoms with Gasteiger partial charge in [-0.1, -0.05) is 196 Å². The van der Waals surface area contributed by atoms with Crippen molar-refractivity contribution in [1.29, 1.82) is 0 Å². The van der Waals surface area contributed by atoms with Crippen molar-refractivity contribution in [2.75, 3.05) is 0 Å². The Morgan fingerprint density at radius 1 is 0.338 bits per heavy atom. The van der Waals surface area contributed by atoms with E-state index in [1.807, 2.05) is 18.2 Å². The standard InChI is InChI=1S/C60H41N5/c1-60(2)51-29-14-11-26-45(51)50-37-41(32-35-52(50)60)58-61-57(39-20-7-4-8-21-39)62-59(63-58)65-54-31-16-13-28-47(54)49-34-33-48-46-27-12-15-30-53(46)64(55(48)56(49)65)42-23-17-22-40(36-42)44-25-10-9-24-43(44)38-18-5-3-6-19-38/h3-37H,1-2H3. The van der Waals surface area contributed by atoms with Gasteiger partial charge in [-0.05, 0) is 74.8 Å². The number of fused-ring (bicyclic) bond motifs is 10. The van der Waals surface area contributed by atoms with E-state index in [4.69, 9.17) is 15.0 Å². The number of rotatable bonds is 6. The maximum absolute atomic E-state index is 5.48. The highest BCUT2D eigenvalue weighted by atomic mass is 15.2. The molecule has 12 aromatic rings. The van der Waals surface area contributed by atoms with Crippen molar-refractivity contribution >= 4 is 43.6 Å². The van der Waals surface area contributed by atoms with E-state index in [2.05, 4.69) is 217 Å². The molecule has 0 atom stereocenters. The van der Waals surface area contributed by atoms with E-state index in [1.165, 1.54) is 44.3 Å². The summed E-state index contributed by atoms with van der Waals surface area (Å²) in [7, 11) is 0. The fourth-order valence-electron chi connectivity index (χ4n) is 10.6. The lowest BCUT2D eigenvalue weighted by atomic mass is 9.82. The number of hydrogen-bond acceptors (Lipinski definition) is 3. The van der Waals surface area contributed by atoms with Crippen LogP contribution in [0, 0.1) is 0 Å². The van der Waals surface area contributed by atoms with Crippen LogP contribution in [0.5, 0.6) is 0 Å². The predicted molar refractivity (Wildman–Crippen MR) is 268 cm³/mol. The molecule has 0 saturated heterocycles. The molecule has 5 nitrogen and oxygen atoms in total. The van der Waals surface area contributed by atoms with Gasteiger partial charge < -0.3 is 4.57 Å². The zero-order valence-electron chi connectivity index (χ0n) is 35.9. The van der Waals surface area contributed by atoms with Crippen LogP contribution >= 0.6 is 0 Å². The van der Waals surface area contributed by atoms with Crippen LogP contribution in [0.15, 0.2) is 212 Å². The van der Waals surface area contributed by atoms with E-state index in [9.17, 15) is 0 Å². The average Bonchev–Trinajstić information content (AvgIpc) is 3.97. The summed E-state index contributed by atoms with van der Waals surface area (Å²) in [6, 6.07) is 76.1. The number of benzene rings is 9. The van der Waals surface area contributed by atoms with Crippen molar-refractivity contribution in [3.05, 3.63) is 223 Å². The van der Waals surface area contributed by atoms with E-state index in [1.54, 1.807) is 0 Å². The summed E-state index contributed by atoms with van der Waals surface area (Å²) >= 11 is 0. The number of para-hydroxylation sites is 2. The molecule has 3 heterocycles. The molecule has 1 aliphatic rings. The van der Waals surface area contributed by atoms with Crippen LogP contribution in [0.3, 0.4) is 0 Å². The Kier molecular flexibility index (Phi) is 8.18. The quantitative estimate of drug-likeness (QED) is 0.168. The molecule has 0 spiro atoms. The molecule has 0 bridgehead atoms. The fourth-order valence-corrected chi connectivity index (χ4v) is 10.6. The Hall–Kier alpha value is -8.41. The molecule has 13 rings (SSSR count). The third-order valence-corrected chi connectivity index (χ3v) is 13.6. The first-order chi connectivity index (χ1) is 32.0. The molecule has 0 radical (unpaired) electrons. The first kappa shape index (κ1) is 37.2. The van der Waals surface area contributed by atoms with Crippen molar-refractivity contribution in [3.8, 4) is 67.8 Å². The normalized spacial score (nSPS) is 12.9. The van der Waals surface area contributed by atoms with Gasteiger partial charge in [0.15, 0.2) is 11.6 Å². The largest absolute Gasteiger partial charge is 0.307 e. The summed E-state index contributed by atoms with van der Waals surface area (Å²) in [5.74, 6) is 1.81. The lowest BCUT2D eigenvalue weighted by molar-refractivity contribution is 0.660. The highest BCUT2D eigenvalue weighted by Crippen LogP contribution is 2.50. The van der Waals surface area contributed by atoms with Crippen LogP contribution < -0.4 is 0 Å². The van der Waals surface area contributed by atoms with E-state index in [0.29, 0.717) is 17.6 Å². The molecule has 1 aliphatic carbocycles. The smallest absolute Gasteiger partial charge is 0.238 e. The number of aromatic nitrogens is 5. The van der Waals surface area contributed by atoms with Crippen molar-refractivity contribution in [1.82, 2.24) is 24.1 Å². The topological polar surface area (TPSA) is 48.5 Å². The van der Waals surface area contributed by atoms with Gasteiger partial charge in [-0.2, -0.15) is 9.97 Å². The molecule has 0 saturated carbocycles. The van der Waals surface area contributed by atoms with Gasteiger partial charge in [0.25, 0.3) is 0 Å². The molecule has 306 valence electrons. The van der Waals surface area contributed by atoms with Gasteiger partial charge in [0.2, 0.25) is 5.95 Å². The van der Waals surface area contributed by atoms with Gasteiger partial charge in [-0.3, -0.25) is 4.57 Å². The van der Waals surface area contributed by atoms with Gasteiger partial charge in [-0.15, -0.1) is 0 Å². The van der Waals surface area contributed by atoms with Crippen molar-refractivity contribution in [2.45, 2.75) is 19.3 Å². The van der Waals surface area contributed by atoms with Crippen molar-refractivity contribution in [2.24, 2.45) is 0 Å². The van der Waals surface area contributed by atoms with E-state index >= 15 is 0 Å². The Balaban J connectivity index is 1.10. The van der Waals surface area contributed by atoms with Gasteiger partial charge in [0.1, 0.15) is 0 Å². The molecule has 0 unspecified atom stereocenters. The van der Waals surface area contributed by atoms with Crippen LogP contribution in [-0.2, 0) is 5.41 Å². The second-order valence-electron chi connectivity index (χ2n) is 17.6. The lowest BCUT2D eigenvalue weighted by Gasteiger charge is -2.21. The Bertz CT molecular complexity index is 3860. The van der Waals surface area contributed by atoms with E-state index in [-0.39, 0.29) is 5.41 Å². The number of hydrogen-bond donors (Lipinski definition) is 0. The molecule has 5 heteroatoms. The molecule has 0 N–H and O–H groups in total. The minimum Gasteiger partial charge on any atom is -0.307 e. The van der Waals surface area contributed by atoms with Gasteiger partial charge in [-0.25, -0.2) is 4.98 Å². The van der Waals surface area contributed by atoms with Crippen molar-refractivity contribution < 1.29 is 0 Å². The summed E-state index contributed by atoms with van der Waals surface area (Å²) < 4.78 is 4.72. The predicted octanol–water partition coefficient (Wildman–Crippen LogP) is 15.0. The molecule has 0 amide bonds. The summed E-state index contributed by atoms with van der Waals surface area (Å²) in [6.07, 6.45) is 0. The zero-order valence-corrected chi connectivity index (χ0v) is 35.9. The van der Waals surface area contributed by atoms with Crippen LogP contribution in [0.2, 0.25) is 0 Å². The molecule has 3 aromatic heterocycles. The highest BCUT2D eigenvalue weighted by molar-refractivity contribution is 6.23. The minimum absolute atomic E-state index is 0.110. The van der Waals surface area contributed by atoms with Gasteiger partial charge in [0.05, 0.1) is 22.1 Å². The summed E-state index contributed by atoms with van der Waals surface area (Å²) in [6.45, 7) is 4.63. The van der Waals surface area contributed by atoms with E-state index < -0.39 is 0 Å². The minimum atomic E-state index is -0.110. The summed E-state index contributed by atoms with van der Waals surface area (Å²) in [5.41, 5.74) is 17.0. The first-order valence-electron chi connectivity index (χ1n) is 22.3. The lowest BCUT2D eigenvalue weighted by Crippen LogP contribution is -2.14. The molecular weight excluding hydrogens is 791 g/mol. The monoisotopic (exact) mass is 831 g/mol. The molecule has 9 aromatic carbocycles. The number of nitrogens with zero attached hydrogens (tertiary/aromatic N) is 5. The molecular formula is C60H41N5. The van der Waals surface area contributed by atoms with Crippen LogP contribution in [0.4, 0.5) is 0 Å². The van der Waals surface area contributed by atoms with Crippen LogP contribution in [0.1, 0.15) is 25.0 Å². The Morgan fingerprint density at radius 2 is 0.862 bits per heavy atom. The summed E-state index contributed by atoms with van der Waals surface area (Å²) in [4.78, 5) is 16.1. The summed E-state index contributed by atoms with van der Waals surface area (Å²) in [5, 5.41) is 4.59. The van der Waals surface area contributed by atoms with E-state index in [0.717, 1.165) is 60.6 Å². The van der Waals surface area contributed by atoms with Crippen LogP contribution in [-0.4, -0.2) is 24.1 Å². The third-order valence-electron chi connectivity index (χ3n) is 13.6. The maximum Gasteiger partial charge on any atom is 0.238 e. The van der Waals surface area contributed by atoms with Gasteiger partial charge in [0, 0.05) is 43.8 Å². The first-order valence-corrected chi connectivity index (χ1v) is 22.3. The molecule has 0 fully saturated rings. The Labute approximate surface area is 376 Å². The van der Waals surface area contributed by atoms with Crippen molar-refractivity contribution in [3.63, 3.8) is 0 Å². The maximum atomic E-state index is 5.48. The van der Waals surface area contributed by atoms with Gasteiger partial charge >= 0.3 is 0 Å². The average molecular weight is 832 g/mol. The Morgan fingerprint density at radius 3 is 1.57 bits per heavy atom. The fraction of sp³-hybridized carbons (Fsp3) is 0.0500. The SMILES string of the molecule is CC1(C)c2ccccc2-c2cc(-c3nc(-c4ccccc4)nc(-n4c5ccccc5c5ccc6c7ccccc7n(-c7cccc(-c8ccccc8-c8ccccc8)c7)c6c54)n3)ccc21. The zero-order chi connectivity index (χ0) is 43.2. The highest BCUT2D eigenvalue weighted by Gasteiger charge is 2.35. The second-order valence-corrected chi connectivity index (χ2v) is 17.6. The second kappa shape index (κ2) is 14.3. The van der Waals surface area contributed by atoms with Crippen LogP contribution in [0.25, 0.3) is 111 Å². The third kappa shape index (κ3) is 5.68. The molecule has 0 aliphatic heterocycles.